The molecule has 38 heavy (non-hydrogen) atoms. The van der Waals surface area contributed by atoms with Gasteiger partial charge in [0, 0.05) is 25.4 Å². The second-order valence-corrected chi connectivity index (χ2v) is 10.1. The Kier molecular flexibility index (Phi) is 9.18. The number of furan rings is 1. The zero-order valence-corrected chi connectivity index (χ0v) is 22.3. The normalized spacial score (nSPS) is 15.0. The van der Waals surface area contributed by atoms with Gasteiger partial charge in [-0.1, -0.05) is 38.1 Å². The molecule has 1 atom stereocenters. The maximum Gasteiger partial charge on any atom is 0.322 e. The van der Waals surface area contributed by atoms with Crippen molar-refractivity contribution >= 4 is 17.6 Å². The third-order valence-corrected chi connectivity index (χ3v) is 6.67. The van der Waals surface area contributed by atoms with E-state index in [-0.39, 0.29) is 43.5 Å². The molecule has 0 bridgehead atoms. The summed E-state index contributed by atoms with van der Waals surface area (Å²) in [5.74, 6) is 1.19. The maximum atomic E-state index is 13.6. The van der Waals surface area contributed by atoms with Crippen molar-refractivity contribution in [3.63, 3.8) is 0 Å². The van der Waals surface area contributed by atoms with Crippen LogP contribution in [0.5, 0.6) is 0 Å². The Balaban J connectivity index is 1.51. The molecule has 8 heteroatoms. The summed E-state index contributed by atoms with van der Waals surface area (Å²) in [5, 5.41) is 2.94. The Morgan fingerprint density at radius 1 is 1.00 bits per heavy atom. The van der Waals surface area contributed by atoms with E-state index in [1.54, 1.807) is 17.0 Å². The number of carbonyl (C=O) groups excluding carboxylic acids is 2. The van der Waals surface area contributed by atoms with E-state index in [2.05, 4.69) is 19.2 Å². The molecule has 1 N–H and O–H groups in total. The minimum atomic E-state index is -0.360. The first-order chi connectivity index (χ1) is 18.3. The van der Waals surface area contributed by atoms with Crippen LogP contribution in [0.2, 0.25) is 0 Å². The lowest BCUT2D eigenvalue weighted by Gasteiger charge is -2.29. The van der Waals surface area contributed by atoms with Gasteiger partial charge in [-0.15, -0.1) is 0 Å². The molecule has 202 valence electrons. The monoisotopic (exact) mass is 521 g/mol. The van der Waals surface area contributed by atoms with Gasteiger partial charge in [-0.2, -0.15) is 0 Å². The van der Waals surface area contributed by atoms with Crippen molar-refractivity contribution in [3.8, 4) is 0 Å². The third kappa shape index (κ3) is 7.68. The summed E-state index contributed by atoms with van der Waals surface area (Å²) in [6.07, 6.45) is 1.65. The van der Waals surface area contributed by atoms with Gasteiger partial charge >= 0.3 is 6.03 Å². The number of nitrogens with zero attached hydrogens (tertiary/aromatic N) is 2. The Morgan fingerprint density at radius 2 is 1.74 bits per heavy atom. The highest BCUT2D eigenvalue weighted by atomic mass is 19.1. The second kappa shape index (κ2) is 12.7. The van der Waals surface area contributed by atoms with Crippen molar-refractivity contribution in [1.82, 2.24) is 9.80 Å². The minimum absolute atomic E-state index is 0.116. The van der Waals surface area contributed by atoms with Crippen LogP contribution in [0.4, 0.5) is 14.9 Å². The second-order valence-electron chi connectivity index (χ2n) is 10.1. The fraction of sp³-hybridized carbons (Fsp3) is 0.400. The van der Waals surface area contributed by atoms with E-state index < -0.39 is 0 Å². The highest BCUT2D eigenvalue weighted by molar-refractivity contribution is 5.92. The molecule has 0 radical (unpaired) electrons. The molecule has 4 rings (SSSR count). The number of halogens is 1. The Hall–Kier alpha value is -3.65. The number of carbonyl (C=O) groups is 2. The van der Waals surface area contributed by atoms with Crippen LogP contribution in [0.1, 0.15) is 55.3 Å². The minimum Gasteiger partial charge on any atom is -0.464 e. The van der Waals surface area contributed by atoms with Gasteiger partial charge in [0.2, 0.25) is 5.91 Å². The Labute approximate surface area is 223 Å². The van der Waals surface area contributed by atoms with Gasteiger partial charge in [-0.05, 0) is 73.2 Å². The molecule has 1 saturated heterocycles. The predicted octanol–water partition coefficient (Wildman–Crippen LogP) is 6.09. The zero-order valence-electron chi connectivity index (χ0n) is 22.3. The summed E-state index contributed by atoms with van der Waals surface area (Å²) < 4.78 is 25.0. The number of hydrogen-bond acceptors (Lipinski definition) is 4. The molecule has 2 aromatic carbocycles. The molecule has 2 heterocycles. The van der Waals surface area contributed by atoms with Crippen LogP contribution in [0.3, 0.4) is 0 Å². The molecule has 7 nitrogen and oxygen atoms in total. The molecule has 1 aromatic heterocycles. The molecule has 1 unspecified atom stereocenters. The van der Waals surface area contributed by atoms with E-state index in [0.717, 1.165) is 24.2 Å². The first-order valence-corrected chi connectivity index (χ1v) is 13.1. The van der Waals surface area contributed by atoms with Crippen molar-refractivity contribution in [2.75, 3.05) is 25.0 Å². The predicted molar refractivity (Wildman–Crippen MR) is 144 cm³/mol. The number of nitrogens with one attached hydrogen (secondary N) is 1. The molecule has 1 fully saturated rings. The topological polar surface area (TPSA) is 75.0 Å². The largest absolute Gasteiger partial charge is 0.464 e. The van der Waals surface area contributed by atoms with Crippen LogP contribution in [0.15, 0.2) is 65.1 Å². The summed E-state index contributed by atoms with van der Waals surface area (Å²) in [4.78, 5) is 30.1. The summed E-state index contributed by atoms with van der Waals surface area (Å²) in [5.41, 5.74) is 2.63. The highest BCUT2D eigenvalue weighted by Gasteiger charge is 2.27. The number of ether oxygens (including phenoxy) is 1. The quantitative estimate of drug-likeness (QED) is 0.350. The van der Waals surface area contributed by atoms with Crippen LogP contribution in [-0.2, 0) is 22.6 Å². The molecule has 3 amide bonds. The summed E-state index contributed by atoms with van der Waals surface area (Å²) >= 11 is 0. The van der Waals surface area contributed by atoms with Crippen molar-refractivity contribution in [2.45, 2.75) is 58.7 Å². The smallest absolute Gasteiger partial charge is 0.322 e. The van der Waals surface area contributed by atoms with Gasteiger partial charge in [0.15, 0.2) is 0 Å². The fourth-order valence-corrected chi connectivity index (χ4v) is 4.47. The Morgan fingerprint density at radius 3 is 2.34 bits per heavy atom. The van der Waals surface area contributed by atoms with Crippen LogP contribution in [0.25, 0.3) is 0 Å². The number of urea groups is 1. The first-order valence-electron chi connectivity index (χ1n) is 13.1. The summed E-state index contributed by atoms with van der Waals surface area (Å²) in [7, 11) is 0. The van der Waals surface area contributed by atoms with Gasteiger partial charge in [-0.3, -0.25) is 4.79 Å². The first kappa shape index (κ1) is 27.4. The van der Waals surface area contributed by atoms with E-state index in [0.29, 0.717) is 30.5 Å². The van der Waals surface area contributed by atoms with Crippen LogP contribution in [0, 0.1) is 12.7 Å². The van der Waals surface area contributed by atoms with Crippen molar-refractivity contribution in [2.24, 2.45) is 0 Å². The van der Waals surface area contributed by atoms with Crippen molar-refractivity contribution in [3.05, 3.63) is 89.1 Å². The number of rotatable bonds is 10. The molecular formula is C30H36FN3O4. The van der Waals surface area contributed by atoms with E-state index in [1.807, 2.05) is 43.3 Å². The Bertz CT molecular complexity index is 1200. The van der Waals surface area contributed by atoms with E-state index in [4.69, 9.17) is 9.15 Å². The molecule has 0 saturated carbocycles. The molecule has 0 aliphatic carbocycles. The summed E-state index contributed by atoms with van der Waals surface area (Å²) in [6, 6.07) is 17.1. The lowest BCUT2D eigenvalue weighted by molar-refractivity contribution is -0.133. The average molecular weight is 522 g/mol. The zero-order chi connectivity index (χ0) is 27.1. The SMILES string of the molecule is Cc1ccc(CN(Cc2ccc(F)cc2)C(=O)CN(CC2CCCO2)C(=O)Nc2ccc(C(C)C)cc2)o1. The third-order valence-electron chi connectivity index (χ3n) is 6.67. The fourth-order valence-electron chi connectivity index (χ4n) is 4.47. The van der Waals surface area contributed by atoms with Crippen molar-refractivity contribution in [1.29, 1.82) is 0 Å². The lowest BCUT2D eigenvalue weighted by Crippen LogP contribution is -2.46. The molecular weight excluding hydrogens is 485 g/mol. The number of anilines is 1. The van der Waals surface area contributed by atoms with Crippen LogP contribution in [-0.4, -0.2) is 47.5 Å². The number of amides is 3. The maximum absolute atomic E-state index is 13.6. The van der Waals surface area contributed by atoms with Gasteiger partial charge < -0.3 is 24.3 Å². The summed E-state index contributed by atoms with van der Waals surface area (Å²) in [6.45, 7) is 7.40. The van der Waals surface area contributed by atoms with Crippen LogP contribution >= 0.6 is 0 Å². The number of aryl methyl sites for hydroxylation is 1. The lowest BCUT2D eigenvalue weighted by atomic mass is 10.0. The van der Waals surface area contributed by atoms with Gasteiger partial charge in [-0.25, -0.2) is 9.18 Å². The number of benzene rings is 2. The molecule has 0 spiro atoms. The molecule has 1 aliphatic rings. The van der Waals surface area contributed by atoms with Crippen LogP contribution < -0.4 is 5.32 Å². The van der Waals surface area contributed by atoms with E-state index in [1.165, 1.54) is 22.6 Å². The van der Waals surface area contributed by atoms with Crippen molar-refractivity contribution < 1.29 is 23.1 Å². The van der Waals surface area contributed by atoms with E-state index >= 15 is 0 Å². The van der Waals surface area contributed by atoms with Gasteiger partial charge in [0.1, 0.15) is 23.9 Å². The molecule has 3 aromatic rings. The average Bonchev–Trinajstić information content (AvgIpc) is 3.56. The van der Waals surface area contributed by atoms with Gasteiger partial charge in [0.25, 0.3) is 0 Å². The van der Waals surface area contributed by atoms with Gasteiger partial charge in [0.05, 0.1) is 12.6 Å². The van der Waals surface area contributed by atoms with E-state index in [9.17, 15) is 14.0 Å². The number of hydrogen-bond donors (Lipinski definition) is 1. The standard InChI is InChI=1S/C30H36FN3O4/c1-21(2)24-9-13-26(14-10-24)32-30(36)34(18-27-5-4-16-37-27)20-29(35)33(19-28-15-6-22(3)38-28)17-23-7-11-25(31)12-8-23/h6-15,21,27H,4-5,16-20H2,1-3H3,(H,32,36). The molecule has 1 aliphatic heterocycles. The highest BCUT2D eigenvalue weighted by Crippen LogP contribution is 2.20.